The number of carboxylic acids is 3. The van der Waals surface area contributed by atoms with E-state index in [-0.39, 0.29) is 0 Å². The number of benzene rings is 1. The van der Waals surface area contributed by atoms with Crippen LogP contribution in [0.2, 0.25) is 0 Å². The molecule has 0 unspecified atom stereocenters. The van der Waals surface area contributed by atoms with Crippen molar-refractivity contribution in [2.24, 2.45) is 0 Å². The van der Waals surface area contributed by atoms with Crippen LogP contribution in [-0.2, 0) is 86.0 Å². The normalized spacial score (nSPS) is 13.3. The van der Waals surface area contributed by atoms with Crippen LogP contribution in [0.3, 0.4) is 0 Å². The molecular formula is C33H30O27. The van der Waals surface area contributed by atoms with Gasteiger partial charge in [0, 0.05) is 41.5 Å². The number of ether oxygens (including phenoxy) is 9. The highest BCUT2D eigenvalue weighted by molar-refractivity contribution is 6.05. The molecule has 1 aromatic carbocycles. The van der Waals surface area contributed by atoms with Crippen molar-refractivity contribution in [3.8, 4) is 17.2 Å². The van der Waals surface area contributed by atoms with Gasteiger partial charge in [0.15, 0.2) is 36.1 Å². The highest BCUT2D eigenvalue weighted by atomic mass is 16.7. The van der Waals surface area contributed by atoms with E-state index in [2.05, 4.69) is 28.4 Å². The fraction of sp³-hybridized carbons (Fsp3) is 0.364. The molecule has 0 aliphatic heterocycles. The third kappa shape index (κ3) is 13.5. The van der Waals surface area contributed by atoms with Crippen molar-refractivity contribution in [2.45, 2.75) is 78.2 Å². The van der Waals surface area contributed by atoms with Gasteiger partial charge in [-0.15, -0.1) is 0 Å². The third-order valence-electron chi connectivity index (χ3n) is 6.44. The van der Waals surface area contributed by atoms with Crippen molar-refractivity contribution < 1.29 is 130 Å². The lowest BCUT2D eigenvalue weighted by Crippen LogP contribution is -2.48. The zero-order chi connectivity index (χ0) is 46.3. The van der Waals surface area contributed by atoms with Crippen LogP contribution in [-0.4, -0.2) is 142 Å². The minimum absolute atomic E-state index is 0.483. The predicted octanol–water partition coefficient (Wildman–Crippen LogP) is -2.32. The lowest BCUT2D eigenvalue weighted by Gasteiger charge is -2.25. The molecule has 0 aliphatic carbocycles. The van der Waals surface area contributed by atoms with Gasteiger partial charge in [-0.3, -0.25) is 43.2 Å². The highest BCUT2D eigenvalue weighted by Gasteiger charge is 2.46. The van der Waals surface area contributed by atoms with E-state index in [1.165, 1.54) is 0 Å². The maximum Gasteiger partial charge on any atom is 0.357 e. The van der Waals surface area contributed by atoms with Gasteiger partial charge in [-0.25, -0.2) is 28.8 Å². The second-order valence-electron chi connectivity index (χ2n) is 11.0. The lowest BCUT2D eigenvalue weighted by atomic mass is 10.0. The fourth-order valence-electron chi connectivity index (χ4n) is 4.37. The van der Waals surface area contributed by atoms with Gasteiger partial charge >= 0.3 is 71.6 Å². The molecule has 0 aliphatic rings. The lowest BCUT2D eigenvalue weighted by molar-refractivity contribution is -0.185. The number of carbonyl (C=O) groups is 15. The van der Waals surface area contributed by atoms with E-state index in [9.17, 15) is 87.2 Å². The number of rotatable bonds is 21. The Morgan fingerprint density at radius 1 is 0.350 bits per heavy atom. The first kappa shape index (κ1) is 49.9. The number of hydrogen-bond donors (Lipinski definition) is 3. The number of carbonyl (C=O) groups excluding carboxylic acids is 12. The summed E-state index contributed by atoms with van der Waals surface area (Å²) in [6.07, 6.45) is -18.3. The number of esters is 9. The van der Waals surface area contributed by atoms with Crippen molar-refractivity contribution in [2.75, 3.05) is 0 Å². The van der Waals surface area contributed by atoms with Gasteiger partial charge in [0.1, 0.15) is 16.7 Å². The maximum atomic E-state index is 13.5. The van der Waals surface area contributed by atoms with Crippen LogP contribution >= 0.6 is 0 Å². The topological polar surface area (TPSA) is 400 Å². The third-order valence-corrected chi connectivity index (χ3v) is 6.44. The minimum Gasteiger partial charge on any atom is -0.478 e. The Hall–Kier alpha value is -8.13. The summed E-state index contributed by atoms with van der Waals surface area (Å²) < 4.78 is 42.3. The molecule has 0 aromatic heterocycles. The molecule has 1 aromatic rings. The SMILES string of the molecule is CC(=O)O[C@@H](C(=O)O)[C@@H](OC(C)=O)C(=O)Oc1c(C=O)c(OC(=O)[C@H](OC(C)=O)[C@@H](OC(C)=O)C(=O)O)c(C=O)c(OC(=O)[C@H](OC(C)=O)[C@@H](OC(C)=O)C(=O)O)c1C=O. The van der Waals surface area contributed by atoms with E-state index >= 15 is 0 Å². The van der Waals surface area contributed by atoms with Crippen LogP contribution in [0.4, 0.5) is 0 Å². The monoisotopic (exact) mass is 858 g/mol. The maximum absolute atomic E-state index is 13.5. The highest BCUT2D eigenvalue weighted by Crippen LogP contribution is 2.43. The van der Waals surface area contributed by atoms with E-state index in [1.54, 1.807) is 0 Å². The smallest absolute Gasteiger partial charge is 0.357 e. The molecule has 60 heavy (non-hydrogen) atoms. The summed E-state index contributed by atoms with van der Waals surface area (Å²) >= 11 is 0. The van der Waals surface area contributed by atoms with E-state index in [0.717, 1.165) is 0 Å². The van der Waals surface area contributed by atoms with Crippen molar-refractivity contribution in [1.29, 1.82) is 0 Å². The van der Waals surface area contributed by atoms with Gasteiger partial charge in [-0.05, 0) is 0 Å². The Balaban J connectivity index is 4.51. The fourth-order valence-corrected chi connectivity index (χ4v) is 4.37. The molecule has 0 fully saturated rings. The number of carboxylic acid groups (broad SMARTS) is 3. The molecule has 324 valence electrons. The van der Waals surface area contributed by atoms with Gasteiger partial charge in [0.2, 0.25) is 36.6 Å². The quantitative estimate of drug-likeness (QED) is 0.0505. The first-order valence-electron chi connectivity index (χ1n) is 15.8. The number of aldehydes is 3. The van der Waals surface area contributed by atoms with Gasteiger partial charge in [-0.2, -0.15) is 0 Å². The Morgan fingerprint density at radius 3 is 0.650 bits per heavy atom. The summed E-state index contributed by atoms with van der Waals surface area (Å²) in [7, 11) is 0. The summed E-state index contributed by atoms with van der Waals surface area (Å²) in [6.45, 7) is 3.73. The Bertz CT molecular complexity index is 1760. The van der Waals surface area contributed by atoms with E-state index < -0.39 is 161 Å². The molecule has 6 atom stereocenters. The Morgan fingerprint density at radius 2 is 0.517 bits per heavy atom. The summed E-state index contributed by atoms with van der Waals surface area (Å²) in [5.41, 5.74) is -4.45. The van der Waals surface area contributed by atoms with Crippen LogP contribution < -0.4 is 14.2 Å². The van der Waals surface area contributed by atoms with E-state index in [4.69, 9.17) is 14.2 Å². The van der Waals surface area contributed by atoms with Crippen molar-refractivity contribution >= 4 is 90.5 Å². The molecule has 0 saturated carbocycles. The first-order valence-corrected chi connectivity index (χ1v) is 15.8. The molecule has 27 nitrogen and oxygen atoms in total. The molecule has 0 saturated heterocycles. The Labute approximate surface area is 332 Å². The standard InChI is InChI=1S/C33H30O27/c1-10(37)52-22(28(43)44)25(55-13(4)40)31(49)58-19-16(7-34)20(59-32(50)26(56-14(5)41)23(29(45)46)53-11(2)38)18(9-36)21(17(19)8-35)60-33(51)27(57-15(6)42)24(30(47)48)54-12(3)39/h7-9,22-27H,1-6H3,(H,43,44)(H,45,46)(H,47,48)/t22-,23-,24-,25-,26-,27-/m1/s1. The summed E-state index contributed by atoms with van der Waals surface area (Å²) in [4.78, 5) is 185. The average Bonchev–Trinajstić information content (AvgIpc) is 3.11. The van der Waals surface area contributed by atoms with Crippen molar-refractivity contribution in [1.82, 2.24) is 0 Å². The molecule has 0 heterocycles. The average molecular weight is 859 g/mol. The molecule has 3 N–H and O–H groups in total. The van der Waals surface area contributed by atoms with Crippen LogP contribution in [0, 0.1) is 0 Å². The van der Waals surface area contributed by atoms with Gasteiger partial charge in [-0.1, -0.05) is 0 Å². The second kappa shape index (κ2) is 22.0. The van der Waals surface area contributed by atoms with E-state index in [1.807, 2.05) is 0 Å². The number of aliphatic carboxylic acids is 3. The first-order chi connectivity index (χ1) is 27.8. The van der Waals surface area contributed by atoms with Crippen molar-refractivity contribution in [3.63, 3.8) is 0 Å². The van der Waals surface area contributed by atoms with Gasteiger partial charge in [0.25, 0.3) is 0 Å². The van der Waals surface area contributed by atoms with Crippen molar-refractivity contribution in [3.05, 3.63) is 16.7 Å². The van der Waals surface area contributed by atoms with Crippen LogP contribution in [0.25, 0.3) is 0 Å². The van der Waals surface area contributed by atoms with Gasteiger partial charge in [0.05, 0.1) is 0 Å². The molecule has 0 radical (unpaired) electrons. The zero-order valence-electron chi connectivity index (χ0n) is 31.3. The molecule has 0 amide bonds. The zero-order valence-corrected chi connectivity index (χ0v) is 31.3. The van der Waals surface area contributed by atoms with Crippen LogP contribution in [0.15, 0.2) is 0 Å². The minimum atomic E-state index is -2.85. The van der Waals surface area contributed by atoms with Crippen LogP contribution in [0.1, 0.15) is 72.6 Å². The van der Waals surface area contributed by atoms with E-state index in [0.29, 0.717) is 41.5 Å². The largest absolute Gasteiger partial charge is 0.478 e. The van der Waals surface area contributed by atoms with Crippen LogP contribution in [0.5, 0.6) is 17.2 Å². The summed E-state index contributed by atoms with van der Waals surface area (Å²) in [5.74, 6) is -26.6. The Kier molecular flexibility index (Phi) is 18.3. The second-order valence-corrected chi connectivity index (χ2v) is 11.0. The molecule has 1 rings (SSSR count). The molecule has 0 spiro atoms. The molecule has 27 heteroatoms. The summed E-state index contributed by atoms with van der Waals surface area (Å²) in [6, 6.07) is 0. The molecular weight excluding hydrogens is 828 g/mol. The summed E-state index contributed by atoms with van der Waals surface area (Å²) in [5, 5.41) is 28.9. The molecule has 0 bridgehead atoms. The number of hydrogen-bond acceptors (Lipinski definition) is 24. The predicted molar refractivity (Wildman–Crippen MR) is 176 cm³/mol. The van der Waals surface area contributed by atoms with Gasteiger partial charge < -0.3 is 58.0 Å².